The molecule has 17 heavy (non-hydrogen) atoms. The van der Waals surface area contributed by atoms with Crippen LogP contribution < -0.4 is 0 Å². The van der Waals surface area contributed by atoms with Crippen molar-refractivity contribution in [3.63, 3.8) is 0 Å². The van der Waals surface area contributed by atoms with Gasteiger partial charge in [0, 0.05) is 6.42 Å². The van der Waals surface area contributed by atoms with Crippen LogP contribution in [-0.4, -0.2) is 11.1 Å². The van der Waals surface area contributed by atoms with Crippen molar-refractivity contribution >= 4 is 5.97 Å². The van der Waals surface area contributed by atoms with E-state index in [1.165, 1.54) is 0 Å². The molecule has 3 heteroatoms. The quantitative estimate of drug-likeness (QED) is 0.768. The van der Waals surface area contributed by atoms with Crippen LogP contribution in [0.1, 0.15) is 51.2 Å². The highest BCUT2D eigenvalue weighted by atomic mass is 16.5. The van der Waals surface area contributed by atoms with Crippen molar-refractivity contribution < 1.29 is 14.6 Å². The third kappa shape index (κ3) is 4.47. The highest BCUT2D eigenvalue weighted by Crippen LogP contribution is 2.25. The number of carbonyl (C=O) groups excluding carboxylic acids is 1. The second-order valence-corrected chi connectivity index (χ2v) is 4.07. The monoisotopic (exact) mass is 236 g/mol. The van der Waals surface area contributed by atoms with Crippen molar-refractivity contribution in [3.8, 4) is 5.75 Å². The number of hydrogen-bond donors (Lipinski definition) is 1. The zero-order valence-electron chi connectivity index (χ0n) is 10.5. The van der Waals surface area contributed by atoms with Gasteiger partial charge in [-0.25, -0.2) is 0 Å². The summed E-state index contributed by atoms with van der Waals surface area (Å²) < 4.78 is 5.41. The molecule has 0 amide bonds. The van der Waals surface area contributed by atoms with Gasteiger partial charge in [-0.05, 0) is 30.5 Å². The van der Waals surface area contributed by atoms with E-state index in [0.717, 1.165) is 24.8 Å². The molecule has 0 aliphatic heterocycles. The van der Waals surface area contributed by atoms with Gasteiger partial charge in [-0.2, -0.15) is 0 Å². The molecule has 0 saturated heterocycles. The van der Waals surface area contributed by atoms with Gasteiger partial charge >= 0.3 is 5.97 Å². The van der Waals surface area contributed by atoms with Crippen LogP contribution in [0.15, 0.2) is 24.3 Å². The minimum Gasteiger partial charge on any atom is -0.508 e. The first kappa shape index (κ1) is 13.6. The highest BCUT2D eigenvalue weighted by Gasteiger charge is 2.15. The van der Waals surface area contributed by atoms with E-state index in [2.05, 4.69) is 6.92 Å². The lowest BCUT2D eigenvalue weighted by atomic mass is 10.0. The Kier molecular flexibility index (Phi) is 5.53. The number of carbonyl (C=O) groups is 1. The fourth-order valence-corrected chi connectivity index (χ4v) is 1.61. The van der Waals surface area contributed by atoms with Gasteiger partial charge in [-0.1, -0.05) is 32.4 Å². The number of rotatable bonds is 6. The van der Waals surface area contributed by atoms with Crippen molar-refractivity contribution in [1.82, 2.24) is 0 Å². The lowest BCUT2D eigenvalue weighted by Gasteiger charge is -2.17. The molecule has 94 valence electrons. The van der Waals surface area contributed by atoms with Crippen molar-refractivity contribution in [3.05, 3.63) is 29.8 Å². The number of phenolic OH excluding ortho intramolecular Hbond substituents is 1. The molecule has 0 bridgehead atoms. The summed E-state index contributed by atoms with van der Waals surface area (Å²) in [6, 6.07) is 6.85. The van der Waals surface area contributed by atoms with Crippen molar-refractivity contribution in [2.75, 3.05) is 0 Å². The normalized spacial score (nSPS) is 12.1. The summed E-state index contributed by atoms with van der Waals surface area (Å²) in [5.41, 5.74) is 0.943. The van der Waals surface area contributed by atoms with Crippen LogP contribution in [0.4, 0.5) is 0 Å². The molecule has 1 rings (SSSR count). The molecule has 0 aliphatic rings. The average molecular weight is 236 g/mol. The molecule has 1 aromatic carbocycles. The topological polar surface area (TPSA) is 46.5 Å². The summed E-state index contributed by atoms with van der Waals surface area (Å²) >= 11 is 0. The standard InChI is InChI=1S/C14H20O3/c1-3-5-6-13(17-14(16)4-2)11-7-9-12(15)10-8-11/h7-10,13,15H,3-6H2,1-2H3. The van der Waals surface area contributed by atoms with Crippen LogP contribution in [-0.2, 0) is 9.53 Å². The maximum Gasteiger partial charge on any atom is 0.306 e. The average Bonchev–Trinajstić information content (AvgIpc) is 2.35. The van der Waals surface area contributed by atoms with Crippen molar-refractivity contribution in [2.45, 2.75) is 45.6 Å². The molecular formula is C14H20O3. The summed E-state index contributed by atoms with van der Waals surface area (Å²) in [5.74, 6) is 0.0454. The molecule has 0 fully saturated rings. The maximum absolute atomic E-state index is 11.4. The van der Waals surface area contributed by atoms with Crippen molar-refractivity contribution in [1.29, 1.82) is 0 Å². The van der Waals surface area contributed by atoms with E-state index in [1.54, 1.807) is 31.2 Å². The van der Waals surface area contributed by atoms with Gasteiger partial charge in [-0.3, -0.25) is 4.79 Å². The number of benzene rings is 1. The Morgan fingerprint density at radius 3 is 2.47 bits per heavy atom. The van der Waals surface area contributed by atoms with Crippen LogP contribution in [0.2, 0.25) is 0 Å². The van der Waals surface area contributed by atoms with E-state index >= 15 is 0 Å². The van der Waals surface area contributed by atoms with Crippen LogP contribution in [0, 0.1) is 0 Å². The number of ether oxygens (including phenoxy) is 1. The summed E-state index contributed by atoms with van der Waals surface area (Å²) in [6.07, 6.45) is 3.11. The molecule has 0 heterocycles. The minimum absolute atomic E-state index is 0.181. The van der Waals surface area contributed by atoms with Crippen LogP contribution in [0.25, 0.3) is 0 Å². The summed E-state index contributed by atoms with van der Waals surface area (Å²) in [6.45, 7) is 3.89. The highest BCUT2D eigenvalue weighted by molar-refractivity contribution is 5.69. The van der Waals surface area contributed by atoms with E-state index in [0.29, 0.717) is 6.42 Å². The molecule has 0 spiro atoms. The Hall–Kier alpha value is -1.51. The molecule has 0 aromatic heterocycles. The molecule has 1 atom stereocenters. The van der Waals surface area contributed by atoms with E-state index < -0.39 is 0 Å². The first-order valence-electron chi connectivity index (χ1n) is 6.15. The molecule has 3 nitrogen and oxygen atoms in total. The zero-order chi connectivity index (χ0) is 12.7. The Morgan fingerprint density at radius 2 is 1.94 bits per heavy atom. The number of esters is 1. The van der Waals surface area contributed by atoms with Gasteiger partial charge in [-0.15, -0.1) is 0 Å². The van der Waals surface area contributed by atoms with E-state index in [-0.39, 0.29) is 17.8 Å². The van der Waals surface area contributed by atoms with Gasteiger partial charge in [0.15, 0.2) is 0 Å². The van der Waals surface area contributed by atoms with Gasteiger partial charge in [0.25, 0.3) is 0 Å². The lowest BCUT2D eigenvalue weighted by Crippen LogP contribution is -2.10. The number of phenols is 1. The fraction of sp³-hybridized carbons (Fsp3) is 0.500. The van der Waals surface area contributed by atoms with E-state index in [1.807, 2.05) is 0 Å². The van der Waals surface area contributed by atoms with Crippen LogP contribution in [0.5, 0.6) is 5.75 Å². The number of hydrogen-bond acceptors (Lipinski definition) is 3. The summed E-state index contributed by atoms with van der Waals surface area (Å²) in [7, 11) is 0. The Bertz CT molecular complexity index is 343. The first-order chi connectivity index (χ1) is 8.17. The minimum atomic E-state index is -0.192. The Labute approximate surface area is 102 Å². The predicted octanol–water partition coefficient (Wildman–Crippen LogP) is 3.58. The number of aromatic hydroxyl groups is 1. The molecule has 0 radical (unpaired) electrons. The molecule has 1 N–H and O–H groups in total. The third-order valence-electron chi connectivity index (χ3n) is 2.65. The molecule has 1 unspecified atom stereocenters. The van der Waals surface area contributed by atoms with Crippen molar-refractivity contribution in [2.24, 2.45) is 0 Å². The van der Waals surface area contributed by atoms with E-state index in [4.69, 9.17) is 4.74 Å². The molecular weight excluding hydrogens is 216 g/mol. The van der Waals surface area contributed by atoms with Crippen LogP contribution in [0.3, 0.4) is 0 Å². The maximum atomic E-state index is 11.4. The largest absolute Gasteiger partial charge is 0.508 e. The van der Waals surface area contributed by atoms with Gasteiger partial charge in [0.2, 0.25) is 0 Å². The second-order valence-electron chi connectivity index (χ2n) is 4.07. The smallest absolute Gasteiger partial charge is 0.306 e. The van der Waals surface area contributed by atoms with Gasteiger partial charge < -0.3 is 9.84 Å². The zero-order valence-corrected chi connectivity index (χ0v) is 10.5. The third-order valence-corrected chi connectivity index (χ3v) is 2.65. The molecule has 1 aromatic rings. The lowest BCUT2D eigenvalue weighted by molar-refractivity contribution is -0.149. The SMILES string of the molecule is CCCCC(OC(=O)CC)c1ccc(O)cc1. The summed E-state index contributed by atoms with van der Waals surface area (Å²) in [5, 5.41) is 9.23. The Morgan fingerprint density at radius 1 is 1.29 bits per heavy atom. The molecule has 0 saturated carbocycles. The Balaban J connectivity index is 2.74. The van der Waals surface area contributed by atoms with Crippen LogP contribution >= 0.6 is 0 Å². The molecule has 0 aliphatic carbocycles. The predicted molar refractivity (Wildman–Crippen MR) is 66.8 cm³/mol. The van der Waals surface area contributed by atoms with Gasteiger partial charge in [0.1, 0.15) is 11.9 Å². The first-order valence-corrected chi connectivity index (χ1v) is 6.15. The van der Waals surface area contributed by atoms with Gasteiger partial charge in [0.05, 0.1) is 0 Å². The second kappa shape index (κ2) is 6.94. The fourth-order valence-electron chi connectivity index (χ4n) is 1.61. The number of unbranched alkanes of at least 4 members (excludes halogenated alkanes) is 1. The van der Waals surface area contributed by atoms with E-state index in [9.17, 15) is 9.90 Å². The summed E-state index contributed by atoms with van der Waals surface area (Å²) in [4.78, 5) is 11.4.